The molecule has 1 N–H and O–H groups in total. The Morgan fingerprint density at radius 3 is 2.92 bits per heavy atom. The smallest absolute Gasteiger partial charge is 0.163 e. The van der Waals surface area contributed by atoms with Crippen molar-refractivity contribution >= 4 is 0 Å². The van der Waals surface area contributed by atoms with Gasteiger partial charge in [0.05, 0.1) is 6.61 Å². The number of hydrogen-bond donors (Lipinski definition) is 1. The van der Waals surface area contributed by atoms with Gasteiger partial charge in [-0.3, -0.25) is 0 Å². The molecule has 1 aromatic carbocycles. The summed E-state index contributed by atoms with van der Waals surface area (Å²) in [6.45, 7) is 6.06. The molecule has 0 heterocycles. The Morgan fingerprint density at radius 1 is 1.54 bits per heavy atom. The molecule has 1 aromatic rings. The minimum Gasteiger partial charge on any atom is -0.504 e. The van der Waals surface area contributed by atoms with Gasteiger partial charge in [-0.25, -0.2) is 0 Å². The van der Waals surface area contributed by atoms with E-state index in [9.17, 15) is 5.11 Å². The molecule has 0 aromatic heterocycles. The standard InChI is InChI=1S/C11H14O2/c1-3-4-8-13-11-9(2)6-5-7-10(11)12/h3,5-7,12H,1,4,8H2,2H3. The van der Waals surface area contributed by atoms with E-state index in [0.717, 1.165) is 12.0 Å². The van der Waals surface area contributed by atoms with E-state index in [1.807, 2.05) is 13.0 Å². The van der Waals surface area contributed by atoms with Crippen LogP contribution in [0.3, 0.4) is 0 Å². The van der Waals surface area contributed by atoms with Gasteiger partial charge >= 0.3 is 0 Å². The summed E-state index contributed by atoms with van der Waals surface area (Å²) >= 11 is 0. The number of aromatic hydroxyl groups is 1. The van der Waals surface area contributed by atoms with Crippen LogP contribution in [0.2, 0.25) is 0 Å². The van der Waals surface area contributed by atoms with Gasteiger partial charge in [-0.15, -0.1) is 6.58 Å². The summed E-state index contributed by atoms with van der Waals surface area (Å²) < 4.78 is 5.39. The number of ether oxygens (including phenoxy) is 1. The summed E-state index contributed by atoms with van der Waals surface area (Å²) in [7, 11) is 0. The number of phenols is 1. The first-order chi connectivity index (χ1) is 6.25. The molecule has 0 saturated heterocycles. The van der Waals surface area contributed by atoms with Crippen molar-refractivity contribution < 1.29 is 9.84 Å². The van der Waals surface area contributed by atoms with E-state index in [4.69, 9.17) is 4.74 Å². The van der Waals surface area contributed by atoms with E-state index < -0.39 is 0 Å². The molecule has 0 atom stereocenters. The molecule has 0 fully saturated rings. The van der Waals surface area contributed by atoms with E-state index in [-0.39, 0.29) is 5.75 Å². The van der Waals surface area contributed by atoms with Crippen LogP contribution in [-0.4, -0.2) is 11.7 Å². The average Bonchev–Trinajstić information content (AvgIpc) is 2.10. The quantitative estimate of drug-likeness (QED) is 0.567. The Kier molecular flexibility index (Phi) is 3.38. The molecule has 0 aliphatic heterocycles. The topological polar surface area (TPSA) is 29.5 Å². The zero-order valence-electron chi connectivity index (χ0n) is 7.79. The lowest BCUT2D eigenvalue weighted by Gasteiger charge is -2.09. The third kappa shape index (κ3) is 2.51. The number of rotatable bonds is 4. The lowest BCUT2D eigenvalue weighted by atomic mass is 10.2. The number of aryl methyl sites for hydroxylation is 1. The molecule has 70 valence electrons. The fraction of sp³-hybridized carbons (Fsp3) is 0.273. The first kappa shape index (κ1) is 9.65. The van der Waals surface area contributed by atoms with Gasteiger partial charge in [0.2, 0.25) is 0 Å². The van der Waals surface area contributed by atoms with Crippen LogP contribution in [0, 0.1) is 6.92 Å². The lowest BCUT2D eigenvalue weighted by Crippen LogP contribution is -1.97. The van der Waals surface area contributed by atoms with Crippen molar-refractivity contribution in [3.8, 4) is 11.5 Å². The van der Waals surface area contributed by atoms with E-state index >= 15 is 0 Å². The minimum absolute atomic E-state index is 0.198. The van der Waals surface area contributed by atoms with Crippen LogP contribution in [-0.2, 0) is 0 Å². The van der Waals surface area contributed by atoms with Gasteiger partial charge in [0, 0.05) is 0 Å². The van der Waals surface area contributed by atoms with Crippen LogP contribution < -0.4 is 4.74 Å². The summed E-state index contributed by atoms with van der Waals surface area (Å²) in [5.74, 6) is 0.772. The number of para-hydroxylation sites is 1. The van der Waals surface area contributed by atoms with Crippen LogP contribution in [0.4, 0.5) is 0 Å². The van der Waals surface area contributed by atoms with Crippen LogP contribution in [0.15, 0.2) is 30.9 Å². The molecule has 13 heavy (non-hydrogen) atoms. The molecule has 0 bridgehead atoms. The van der Waals surface area contributed by atoms with Gasteiger partial charge in [-0.2, -0.15) is 0 Å². The van der Waals surface area contributed by atoms with Gasteiger partial charge in [0.25, 0.3) is 0 Å². The van der Waals surface area contributed by atoms with Gasteiger partial charge in [-0.05, 0) is 25.0 Å². The molecule has 0 aliphatic rings. The summed E-state index contributed by atoms with van der Waals surface area (Å²) in [6, 6.07) is 5.32. The summed E-state index contributed by atoms with van der Waals surface area (Å²) in [4.78, 5) is 0. The van der Waals surface area contributed by atoms with E-state index in [0.29, 0.717) is 12.4 Å². The molecule has 0 radical (unpaired) electrons. The molecular formula is C11H14O2. The maximum Gasteiger partial charge on any atom is 0.163 e. The van der Waals surface area contributed by atoms with E-state index in [1.54, 1.807) is 18.2 Å². The van der Waals surface area contributed by atoms with Gasteiger partial charge < -0.3 is 9.84 Å². The Balaban J connectivity index is 2.69. The second-order valence-electron chi connectivity index (χ2n) is 2.85. The molecule has 2 nitrogen and oxygen atoms in total. The molecule has 0 aliphatic carbocycles. The number of hydrogen-bond acceptors (Lipinski definition) is 2. The van der Waals surface area contributed by atoms with Crippen molar-refractivity contribution in [3.63, 3.8) is 0 Å². The Morgan fingerprint density at radius 2 is 2.31 bits per heavy atom. The van der Waals surface area contributed by atoms with Crippen LogP contribution in [0.5, 0.6) is 11.5 Å². The summed E-state index contributed by atoms with van der Waals surface area (Å²) in [5, 5.41) is 9.44. The van der Waals surface area contributed by atoms with Gasteiger partial charge in [0.1, 0.15) is 0 Å². The van der Waals surface area contributed by atoms with Crippen LogP contribution in [0.25, 0.3) is 0 Å². The van der Waals surface area contributed by atoms with Crippen molar-refractivity contribution in [2.75, 3.05) is 6.61 Å². The molecule has 2 heteroatoms. The third-order valence-corrected chi connectivity index (χ3v) is 1.76. The third-order valence-electron chi connectivity index (χ3n) is 1.76. The Hall–Kier alpha value is -1.44. The highest BCUT2D eigenvalue weighted by molar-refractivity contribution is 5.44. The van der Waals surface area contributed by atoms with Crippen LogP contribution >= 0.6 is 0 Å². The van der Waals surface area contributed by atoms with Gasteiger partial charge in [0.15, 0.2) is 11.5 Å². The molecule has 0 amide bonds. The largest absolute Gasteiger partial charge is 0.504 e. The molecule has 0 unspecified atom stereocenters. The van der Waals surface area contributed by atoms with Crippen molar-refractivity contribution in [3.05, 3.63) is 36.4 Å². The van der Waals surface area contributed by atoms with Gasteiger partial charge in [-0.1, -0.05) is 18.2 Å². The second-order valence-corrected chi connectivity index (χ2v) is 2.85. The summed E-state index contributed by atoms with van der Waals surface area (Å²) in [6.07, 6.45) is 2.57. The highest BCUT2D eigenvalue weighted by Gasteiger charge is 2.03. The lowest BCUT2D eigenvalue weighted by molar-refractivity contribution is 0.303. The second kappa shape index (κ2) is 4.55. The summed E-state index contributed by atoms with van der Waals surface area (Å²) in [5.41, 5.74) is 0.948. The molecular weight excluding hydrogens is 164 g/mol. The van der Waals surface area contributed by atoms with Crippen LogP contribution in [0.1, 0.15) is 12.0 Å². The van der Waals surface area contributed by atoms with E-state index in [1.165, 1.54) is 0 Å². The highest BCUT2D eigenvalue weighted by atomic mass is 16.5. The maximum absolute atomic E-state index is 9.44. The first-order valence-electron chi connectivity index (χ1n) is 4.28. The fourth-order valence-corrected chi connectivity index (χ4v) is 1.07. The zero-order chi connectivity index (χ0) is 9.68. The van der Waals surface area contributed by atoms with Crippen molar-refractivity contribution in [1.29, 1.82) is 0 Å². The SMILES string of the molecule is C=CCCOc1c(C)cccc1O. The minimum atomic E-state index is 0.198. The first-order valence-corrected chi connectivity index (χ1v) is 4.28. The Bertz CT molecular complexity index is 272. The highest BCUT2D eigenvalue weighted by Crippen LogP contribution is 2.29. The Labute approximate surface area is 78.5 Å². The van der Waals surface area contributed by atoms with Crippen molar-refractivity contribution in [1.82, 2.24) is 0 Å². The normalized spacial score (nSPS) is 9.62. The van der Waals surface area contributed by atoms with E-state index in [2.05, 4.69) is 6.58 Å². The maximum atomic E-state index is 9.44. The predicted octanol–water partition coefficient (Wildman–Crippen LogP) is 2.66. The monoisotopic (exact) mass is 178 g/mol. The number of benzene rings is 1. The average molecular weight is 178 g/mol. The van der Waals surface area contributed by atoms with Crippen molar-refractivity contribution in [2.45, 2.75) is 13.3 Å². The fourth-order valence-electron chi connectivity index (χ4n) is 1.07. The zero-order valence-corrected chi connectivity index (χ0v) is 7.79. The number of phenolic OH excluding ortho intramolecular Hbond substituents is 1. The molecule has 1 rings (SSSR count). The predicted molar refractivity (Wildman–Crippen MR) is 53.2 cm³/mol. The molecule has 0 saturated carbocycles. The molecule has 0 spiro atoms. The van der Waals surface area contributed by atoms with Crippen molar-refractivity contribution in [2.24, 2.45) is 0 Å².